The third-order valence-corrected chi connectivity index (χ3v) is 3.00. The van der Waals surface area contributed by atoms with E-state index in [4.69, 9.17) is 0 Å². The molecule has 1 saturated carbocycles. The zero-order valence-corrected chi connectivity index (χ0v) is 9.16. The van der Waals surface area contributed by atoms with E-state index in [1.165, 1.54) is 12.8 Å². The Morgan fingerprint density at radius 2 is 2.00 bits per heavy atom. The minimum absolute atomic E-state index is 0.213. The van der Waals surface area contributed by atoms with Gasteiger partial charge in [-0.3, -0.25) is 0 Å². The van der Waals surface area contributed by atoms with Crippen LogP contribution in [0.15, 0.2) is 0 Å². The van der Waals surface area contributed by atoms with Crippen LogP contribution in [0, 0.1) is 0 Å². The molecule has 1 heterocycles. The first-order valence-electron chi connectivity index (χ1n) is 4.93. The Morgan fingerprint density at radius 3 is 2.56 bits per heavy atom. The maximum Gasteiger partial charge on any atom is 0.445 e. The Labute approximate surface area is 94.3 Å². The van der Waals surface area contributed by atoms with Crippen molar-refractivity contribution < 1.29 is 13.2 Å². The van der Waals surface area contributed by atoms with Gasteiger partial charge in [-0.15, -0.1) is 10.2 Å². The molecule has 0 aliphatic heterocycles. The molecule has 90 valence electrons. The van der Waals surface area contributed by atoms with Crippen molar-refractivity contribution >= 4 is 16.5 Å². The molecule has 0 spiro atoms. The maximum atomic E-state index is 12.2. The number of anilines is 1. The molecule has 1 aliphatic carbocycles. The van der Waals surface area contributed by atoms with E-state index in [0.29, 0.717) is 23.9 Å². The van der Waals surface area contributed by atoms with E-state index in [9.17, 15) is 13.2 Å². The molecule has 1 fully saturated rings. The molecule has 8 heteroatoms. The van der Waals surface area contributed by atoms with Gasteiger partial charge in [0, 0.05) is 19.1 Å². The predicted molar refractivity (Wildman–Crippen MR) is 54.4 cm³/mol. The number of nitrogens with zero attached hydrogens (tertiary/aromatic N) is 2. The first kappa shape index (κ1) is 11.6. The average Bonchev–Trinajstić information content (AvgIpc) is 2.88. The molecule has 16 heavy (non-hydrogen) atoms. The molecule has 1 aromatic heterocycles. The molecule has 0 bridgehead atoms. The van der Waals surface area contributed by atoms with Gasteiger partial charge in [-0.1, -0.05) is 11.3 Å². The second-order valence-corrected chi connectivity index (χ2v) is 4.54. The molecular weight excluding hydrogens is 241 g/mol. The van der Waals surface area contributed by atoms with Crippen LogP contribution in [0.3, 0.4) is 0 Å². The van der Waals surface area contributed by atoms with Gasteiger partial charge in [-0.05, 0) is 12.8 Å². The lowest BCUT2D eigenvalue weighted by Crippen LogP contribution is -2.23. The highest BCUT2D eigenvalue weighted by Crippen LogP contribution is 2.32. The van der Waals surface area contributed by atoms with E-state index in [0.717, 1.165) is 6.54 Å². The molecular formula is C8H11F3N4S. The summed E-state index contributed by atoms with van der Waals surface area (Å²) in [4.78, 5) is 0. The summed E-state index contributed by atoms with van der Waals surface area (Å²) in [6, 6.07) is 0.599. The second-order valence-electron chi connectivity index (χ2n) is 3.57. The summed E-state index contributed by atoms with van der Waals surface area (Å²) in [7, 11) is 0. The summed E-state index contributed by atoms with van der Waals surface area (Å²) in [5, 5.41) is 11.8. The van der Waals surface area contributed by atoms with Gasteiger partial charge in [0.2, 0.25) is 10.1 Å². The molecule has 1 aromatic rings. The van der Waals surface area contributed by atoms with Crippen molar-refractivity contribution in [3.05, 3.63) is 5.01 Å². The van der Waals surface area contributed by atoms with E-state index in [1.807, 2.05) is 0 Å². The molecule has 0 aromatic carbocycles. The van der Waals surface area contributed by atoms with Crippen LogP contribution in [0.2, 0.25) is 0 Å². The van der Waals surface area contributed by atoms with Crippen molar-refractivity contribution in [2.45, 2.75) is 25.1 Å². The minimum atomic E-state index is -4.40. The lowest BCUT2D eigenvalue weighted by molar-refractivity contribution is -0.138. The van der Waals surface area contributed by atoms with Gasteiger partial charge in [0.1, 0.15) is 0 Å². The number of alkyl halides is 3. The molecule has 2 rings (SSSR count). The molecule has 0 radical (unpaired) electrons. The Balaban J connectivity index is 1.73. The van der Waals surface area contributed by atoms with E-state index < -0.39 is 11.2 Å². The predicted octanol–water partition coefficient (Wildman–Crippen LogP) is 1.72. The first-order chi connectivity index (χ1) is 7.55. The fourth-order valence-corrected chi connectivity index (χ4v) is 1.78. The van der Waals surface area contributed by atoms with Gasteiger partial charge in [-0.25, -0.2) is 0 Å². The number of hydrogen-bond acceptors (Lipinski definition) is 5. The Morgan fingerprint density at radius 1 is 1.25 bits per heavy atom. The summed E-state index contributed by atoms with van der Waals surface area (Å²) >= 11 is 0.528. The van der Waals surface area contributed by atoms with Crippen molar-refractivity contribution in [2.24, 2.45) is 0 Å². The van der Waals surface area contributed by atoms with Gasteiger partial charge in [0.05, 0.1) is 0 Å². The summed E-state index contributed by atoms with van der Waals surface area (Å²) in [5.74, 6) is 0. The van der Waals surface area contributed by atoms with Crippen LogP contribution >= 0.6 is 11.3 Å². The zero-order chi connectivity index (χ0) is 11.6. The van der Waals surface area contributed by atoms with Crippen LogP contribution in [-0.2, 0) is 6.18 Å². The molecule has 0 saturated heterocycles. The highest BCUT2D eigenvalue weighted by Gasteiger charge is 2.35. The fraction of sp³-hybridized carbons (Fsp3) is 0.750. The Hall–Kier alpha value is -0.890. The summed E-state index contributed by atoms with van der Waals surface area (Å²) in [5.41, 5.74) is 0. The minimum Gasteiger partial charge on any atom is -0.359 e. The largest absolute Gasteiger partial charge is 0.445 e. The zero-order valence-electron chi connectivity index (χ0n) is 8.34. The van der Waals surface area contributed by atoms with Crippen molar-refractivity contribution in [1.82, 2.24) is 15.5 Å². The average molecular weight is 252 g/mol. The molecule has 1 aliphatic rings. The van der Waals surface area contributed by atoms with Crippen molar-refractivity contribution in [1.29, 1.82) is 0 Å². The smallest absolute Gasteiger partial charge is 0.359 e. The third-order valence-electron chi connectivity index (χ3n) is 2.08. The van der Waals surface area contributed by atoms with E-state index in [1.54, 1.807) is 0 Å². The van der Waals surface area contributed by atoms with Crippen LogP contribution in [0.25, 0.3) is 0 Å². The lowest BCUT2D eigenvalue weighted by Gasteiger charge is -2.02. The molecule has 2 N–H and O–H groups in total. The first-order valence-corrected chi connectivity index (χ1v) is 5.75. The maximum absolute atomic E-state index is 12.2. The van der Waals surface area contributed by atoms with E-state index in [2.05, 4.69) is 20.8 Å². The van der Waals surface area contributed by atoms with E-state index >= 15 is 0 Å². The van der Waals surface area contributed by atoms with Gasteiger partial charge in [-0.2, -0.15) is 13.2 Å². The van der Waals surface area contributed by atoms with Crippen molar-refractivity contribution in [2.75, 3.05) is 18.4 Å². The summed E-state index contributed by atoms with van der Waals surface area (Å²) < 4.78 is 36.5. The molecule has 4 nitrogen and oxygen atoms in total. The highest BCUT2D eigenvalue weighted by molar-refractivity contribution is 7.15. The van der Waals surface area contributed by atoms with Crippen LogP contribution in [0.5, 0.6) is 0 Å². The summed E-state index contributed by atoms with van der Waals surface area (Å²) in [6.45, 7) is 1.29. The van der Waals surface area contributed by atoms with Crippen LogP contribution in [0.1, 0.15) is 17.8 Å². The highest BCUT2D eigenvalue weighted by atomic mass is 32.1. The third kappa shape index (κ3) is 3.31. The normalized spacial score (nSPS) is 16.4. The van der Waals surface area contributed by atoms with Crippen LogP contribution in [0.4, 0.5) is 18.3 Å². The number of halogens is 3. The SMILES string of the molecule is FC(F)(F)c1nnc(NCCNC2CC2)s1. The van der Waals surface area contributed by atoms with Crippen LogP contribution < -0.4 is 10.6 Å². The molecule has 0 unspecified atom stereocenters. The standard InChI is InChI=1S/C8H11F3N4S/c9-8(10,11)6-14-15-7(16-6)13-4-3-12-5-1-2-5/h5,12H,1-4H2,(H,13,15). The monoisotopic (exact) mass is 252 g/mol. The van der Waals surface area contributed by atoms with Gasteiger partial charge < -0.3 is 10.6 Å². The number of rotatable bonds is 5. The molecule has 0 amide bonds. The van der Waals surface area contributed by atoms with Crippen LogP contribution in [-0.4, -0.2) is 29.3 Å². The Bertz CT molecular complexity index is 347. The quantitative estimate of drug-likeness (QED) is 0.783. The van der Waals surface area contributed by atoms with Crippen molar-refractivity contribution in [3.8, 4) is 0 Å². The lowest BCUT2D eigenvalue weighted by atomic mass is 10.6. The summed E-state index contributed by atoms with van der Waals surface area (Å²) in [6.07, 6.45) is -2.02. The van der Waals surface area contributed by atoms with Crippen molar-refractivity contribution in [3.63, 3.8) is 0 Å². The molecule has 0 atom stereocenters. The number of aromatic nitrogens is 2. The topological polar surface area (TPSA) is 49.8 Å². The van der Waals surface area contributed by atoms with Gasteiger partial charge >= 0.3 is 6.18 Å². The van der Waals surface area contributed by atoms with Gasteiger partial charge in [0.25, 0.3) is 0 Å². The van der Waals surface area contributed by atoms with Gasteiger partial charge in [0.15, 0.2) is 0 Å². The number of nitrogens with one attached hydrogen (secondary N) is 2. The fourth-order valence-electron chi connectivity index (χ4n) is 1.14. The number of hydrogen-bond donors (Lipinski definition) is 2. The second kappa shape index (κ2) is 4.54. The van der Waals surface area contributed by atoms with E-state index in [-0.39, 0.29) is 5.13 Å². The Kier molecular flexibility index (Phi) is 3.29.